The maximum Gasteiger partial charge on any atom is 0.280 e. The number of rotatable bonds is 5. The van der Waals surface area contributed by atoms with Crippen molar-refractivity contribution in [3.8, 4) is 22.8 Å². The van der Waals surface area contributed by atoms with E-state index in [1.54, 1.807) is 25.3 Å². The van der Waals surface area contributed by atoms with Gasteiger partial charge in [0.05, 0.1) is 11.4 Å². The Hall–Kier alpha value is -3.58. The zero-order valence-corrected chi connectivity index (χ0v) is 21.0. The van der Waals surface area contributed by atoms with E-state index < -0.39 is 5.56 Å². The Morgan fingerprint density at radius 1 is 1.03 bits per heavy atom. The summed E-state index contributed by atoms with van der Waals surface area (Å²) in [5.74, 6) is 0.858. The van der Waals surface area contributed by atoms with Gasteiger partial charge in [0, 0.05) is 17.2 Å². The van der Waals surface area contributed by atoms with Crippen LogP contribution in [0.1, 0.15) is 43.5 Å². The fraction of sp³-hybridized carbons (Fsp3) is 0.259. The summed E-state index contributed by atoms with van der Waals surface area (Å²) in [5.41, 5.74) is 3.23. The fourth-order valence-electron chi connectivity index (χ4n) is 3.58. The standard InChI is InChI=1S/C27H26ClFN4O2/c1-16-6-9-19(21-12-13-30-26(32-21)27(3,4)5)14-22(16)33-17(2)31-24(23(28)25(33)34)35-15-18-7-10-20(29)11-8-18/h6-14H,15H2,1-5H3. The van der Waals surface area contributed by atoms with E-state index in [0.29, 0.717) is 11.5 Å². The van der Waals surface area contributed by atoms with Crippen molar-refractivity contribution in [3.63, 3.8) is 0 Å². The molecule has 2 heterocycles. The molecule has 180 valence electrons. The van der Waals surface area contributed by atoms with E-state index in [1.165, 1.54) is 16.7 Å². The minimum atomic E-state index is -0.438. The first-order valence-corrected chi connectivity index (χ1v) is 11.5. The molecule has 0 fully saturated rings. The third kappa shape index (κ3) is 5.25. The zero-order chi connectivity index (χ0) is 25.3. The summed E-state index contributed by atoms with van der Waals surface area (Å²) in [6.45, 7) is 9.92. The van der Waals surface area contributed by atoms with Gasteiger partial charge in [0.15, 0.2) is 5.02 Å². The van der Waals surface area contributed by atoms with E-state index in [0.717, 1.165) is 28.2 Å². The molecule has 35 heavy (non-hydrogen) atoms. The first kappa shape index (κ1) is 24.5. The van der Waals surface area contributed by atoms with Crippen molar-refractivity contribution in [2.24, 2.45) is 0 Å². The van der Waals surface area contributed by atoms with Gasteiger partial charge < -0.3 is 4.74 Å². The van der Waals surface area contributed by atoms with Crippen molar-refractivity contribution in [3.05, 3.63) is 98.7 Å². The van der Waals surface area contributed by atoms with Gasteiger partial charge in [-0.25, -0.2) is 14.4 Å². The Labute approximate surface area is 208 Å². The van der Waals surface area contributed by atoms with Crippen LogP contribution in [0.5, 0.6) is 5.88 Å². The van der Waals surface area contributed by atoms with Crippen molar-refractivity contribution in [2.45, 2.75) is 46.6 Å². The molecular weight excluding hydrogens is 467 g/mol. The van der Waals surface area contributed by atoms with E-state index in [4.69, 9.17) is 21.3 Å². The maximum absolute atomic E-state index is 13.3. The van der Waals surface area contributed by atoms with E-state index in [-0.39, 0.29) is 28.7 Å². The lowest BCUT2D eigenvalue weighted by Crippen LogP contribution is -2.24. The minimum absolute atomic E-state index is 0.0363. The molecule has 0 aliphatic carbocycles. The number of halogens is 2. The van der Waals surface area contributed by atoms with Crippen LogP contribution in [0.2, 0.25) is 5.02 Å². The molecule has 0 radical (unpaired) electrons. The molecule has 0 aliphatic rings. The van der Waals surface area contributed by atoms with Crippen molar-refractivity contribution < 1.29 is 9.13 Å². The topological polar surface area (TPSA) is 69.9 Å². The van der Waals surface area contributed by atoms with Crippen LogP contribution in [0.25, 0.3) is 16.9 Å². The van der Waals surface area contributed by atoms with E-state index >= 15 is 0 Å². The molecule has 2 aromatic carbocycles. The first-order valence-electron chi connectivity index (χ1n) is 11.2. The Morgan fingerprint density at radius 2 is 1.74 bits per heavy atom. The second kappa shape index (κ2) is 9.58. The summed E-state index contributed by atoms with van der Waals surface area (Å²) in [6, 6.07) is 13.5. The number of nitrogens with zero attached hydrogens (tertiary/aromatic N) is 4. The lowest BCUT2D eigenvalue weighted by Gasteiger charge is -2.18. The maximum atomic E-state index is 13.3. The molecule has 0 aliphatic heterocycles. The number of aromatic nitrogens is 4. The molecule has 0 saturated carbocycles. The lowest BCUT2D eigenvalue weighted by molar-refractivity contribution is 0.291. The SMILES string of the molecule is Cc1ccc(-c2ccnc(C(C)(C)C)n2)cc1-n1c(C)nc(OCc2ccc(F)cc2)c(Cl)c1=O. The monoisotopic (exact) mass is 492 g/mol. The highest BCUT2D eigenvalue weighted by molar-refractivity contribution is 6.31. The average molecular weight is 493 g/mol. The Bertz CT molecular complexity index is 1440. The van der Waals surface area contributed by atoms with Crippen molar-refractivity contribution >= 4 is 11.6 Å². The van der Waals surface area contributed by atoms with Crippen molar-refractivity contribution in [2.75, 3.05) is 0 Å². The third-order valence-corrected chi connectivity index (χ3v) is 5.85. The molecule has 0 bridgehead atoms. The van der Waals surface area contributed by atoms with Gasteiger partial charge in [0.1, 0.15) is 24.1 Å². The quantitative estimate of drug-likeness (QED) is 0.343. The molecular formula is C27H26ClFN4O2. The van der Waals surface area contributed by atoms with Crippen LogP contribution >= 0.6 is 11.6 Å². The van der Waals surface area contributed by atoms with Crippen LogP contribution in [-0.2, 0) is 12.0 Å². The fourth-order valence-corrected chi connectivity index (χ4v) is 3.77. The Morgan fingerprint density at radius 3 is 2.43 bits per heavy atom. The molecule has 4 rings (SSSR count). The van der Waals surface area contributed by atoms with Gasteiger partial charge in [-0.15, -0.1) is 0 Å². The van der Waals surface area contributed by atoms with Crippen molar-refractivity contribution in [1.29, 1.82) is 0 Å². The van der Waals surface area contributed by atoms with Gasteiger partial charge in [-0.05, 0) is 49.2 Å². The average Bonchev–Trinajstić information content (AvgIpc) is 2.82. The zero-order valence-electron chi connectivity index (χ0n) is 20.3. The van der Waals surface area contributed by atoms with Gasteiger partial charge in [-0.2, -0.15) is 4.98 Å². The summed E-state index contributed by atoms with van der Waals surface area (Å²) in [5, 5.41) is -0.125. The number of benzene rings is 2. The smallest absolute Gasteiger partial charge is 0.280 e. The van der Waals surface area contributed by atoms with Gasteiger partial charge in [-0.3, -0.25) is 9.36 Å². The molecule has 0 unspecified atom stereocenters. The van der Waals surface area contributed by atoms with E-state index in [2.05, 4.69) is 30.7 Å². The van der Waals surface area contributed by atoms with Gasteiger partial charge >= 0.3 is 0 Å². The lowest BCUT2D eigenvalue weighted by atomic mass is 9.95. The third-order valence-electron chi connectivity index (χ3n) is 5.53. The predicted molar refractivity (Wildman–Crippen MR) is 135 cm³/mol. The van der Waals surface area contributed by atoms with E-state index in [9.17, 15) is 9.18 Å². The number of hydrogen-bond donors (Lipinski definition) is 0. The molecule has 0 N–H and O–H groups in total. The summed E-state index contributed by atoms with van der Waals surface area (Å²) in [6.07, 6.45) is 1.74. The molecule has 0 spiro atoms. The molecule has 8 heteroatoms. The second-order valence-electron chi connectivity index (χ2n) is 9.35. The Balaban J connectivity index is 1.72. The first-order chi connectivity index (χ1) is 16.5. The van der Waals surface area contributed by atoms with Gasteiger partial charge in [0.2, 0.25) is 5.88 Å². The molecule has 0 atom stereocenters. The summed E-state index contributed by atoms with van der Waals surface area (Å²) >= 11 is 6.39. The largest absolute Gasteiger partial charge is 0.472 e. The van der Waals surface area contributed by atoms with Gasteiger partial charge in [-0.1, -0.05) is 56.6 Å². The van der Waals surface area contributed by atoms with Crippen LogP contribution < -0.4 is 10.3 Å². The number of ether oxygens (including phenoxy) is 1. The normalized spacial score (nSPS) is 11.5. The highest BCUT2D eigenvalue weighted by Gasteiger charge is 2.20. The molecule has 2 aromatic heterocycles. The molecule has 6 nitrogen and oxygen atoms in total. The van der Waals surface area contributed by atoms with Crippen LogP contribution in [-0.4, -0.2) is 19.5 Å². The molecule has 0 amide bonds. The van der Waals surface area contributed by atoms with Gasteiger partial charge in [0.25, 0.3) is 5.56 Å². The highest BCUT2D eigenvalue weighted by Crippen LogP contribution is 2.27. The van der Waals surface area contributed by atoms with Crippen molar-refractivity contribution in [1.82, 2.24) is 19.5 Å². The van der Waals surface area contributed by atoms with Crippen LogP contribution in [0.4, 0.5) is 4.39 Å². The van der Waals surface area contributed by atoms with Crippen LogP contribution in [0.3, 0.4) is 0 Å². The summed E-state index contributed by atoms with van der Waals surface area (Å²) in [4.78, 5) is 26.9. The molecule has 4 aromatic rings. The Kier molecular flexibility index (Phi) is 6.72. The predicted octanol–water partition coefficient (Wildman–Crippen LogP) is 5.98. The minimum Gasteiger partial charge on any atom is -0.472 e. The highest BCUT2D eigenvalue weighted by atomic mass is 35.5. The molecule has 0 saturated heterocycles. The van der Waals surface area contributed by atoms with Crippen LogP contribution in [0, 0.1) is 19.7 Å². The number of hydrogen-bond acceptors (Lipinski definition) is 5. The second-order valence-corrected chi connectivity index (χ2v) is 9.73. The summed E-state index contributed by atoms with van der Waals surface area (Å²) < 4.78 is 20.3. The summed E-state index contributed by atoms with van der Waals surface area (Å²) in [7, 11) is 0. The van der Waals surface area contributed by atoms with E-state index in [1.807, 2.05) is 31.2 Å². The number of aryl methyl sites for hydroxylation is 2. The van der Waals surface area contributed by atoms with Crippen LogP contribution in [0.15, 0.2) is 59.5 Å².